The number of rotatable bonds is 1. The van der Waals surface area contributed by atoms with E-state index in [2.05, 4.69) is 26.8 Å². The second-order valence-corrected chi connectivity index (χ2v) is 6.17. The van der Waals surface area contributed by atoms with Crippen LogP contribution in [0.5, 0.6) is 0 Å². The van der Waals surface area contributed by atoms with Gasteiger partial charge in [-0.15, -0.1) is 0 Å². The first-order valence-electron chi connectivity index (χ1n) is 6.46. The molecule has 84 valence electrons. The molecule has 0 aromatic carbocycles. The zero-order valence-corrected chi connectivity index (χ0v) is 10.2. The molecule has 0 amide bonds. The highest BCUT2D eigenvalue weighted by atomic mass is 16.5. The first kappa shape index (κ1) is 9.74. The first-order valence-corrected chi connectivity index (χ1v) is 6.46. The van der Waals surface area contributed by atoms with Crippen molar-refractivity contribution in [3.63, 3.8) is 0 Å². The molecule has 2 aliphatic carbocycles. The van der Waals surface area contributed by atoms with Gasteiger partial charge in [0.1, 0.15) is 6.10 Å². The first-order chi connectivity index (χ1) is 7.10. The van der Waals surface area contributed by atoms with E-state index in [4.69, 9.17) is 4.74 Å². The molecule has 1 aliphatic heterocycles. The zero-order valence-electron chi connectivity index (χ0n) is 10.2. The Labute approximate surface area is 92.9 Å². The normalized spacial score (nSPS) is 54.7. The molecule has 4 atom stereocenters. The Hall–Kier alpha value is -0.460. The van der Waals surface area contributed by atoms with Crippen molar-refractivity contribution in [1.82, 2.24) is 0 Å². The summed E-state index contributed by atoms with van der Waals surface area (Å²) < 4.78 is 6.18. The van der Waals surface area contributed by atoms with Crippen molar-refractivity contribution in [1.29, 1.82) is 0 Å². The van der Waals surface area contributed by atoms with Crippen LogP contribution in [0.4, 0.5) is 0 Å². The Kier molecular flexibility index (Phi) is 1.82. The fraction of sp³-hybridized carbons (Fsp3) is 0.857. The average Bonchev–Trinajstić information content (AvgIpc) is 2.44. The Morgan fingerprint density at radius 1 is 1.47 bits per heavy atom. The lowest BCUT2D eigenvalue weighted by Crippen LogP contribution is -2.59. The van der Waals surface area contributed by atoms with Gasteiger partial charge in [0.05, 0.1) is 5.76 Å². The van der Waals surface area contributed by atoms with E-state index in [0.29, 0.717) is 16.9 Å². The average molecular weight is 206 g/mol. The van der Waals surface area contributed by atoms with Crippen LogP contribution in [0.1, 0.15) is 52.9 Å². The van der Waals surface area contributed by atoms with Crippen LogP contribution in [0, 0.1) is 16.7 Å². The molecular formula is C14H22O. The Morgan fingerprint density at radius 3 is 3.00 bits per heavy atom. The Morgan fingerprint density at radius 2 is 2.27 bits per heavy atom. The van der Waals surface area contributed by atoms with Crippen molar-refractivity contribution >= 4 is 0 Å². The maximum atomic E-state index is 6.18. The van der Waals surface area contributed by atoms with Gasteiger partial charge in [0.25, 0.3) is 0 Å². The van der Waals surface area contributed by atoms with Crippen molar-refractivity contribution in [3.8, 4) is 0 Å². The highest BCUT2D eigenvalue weighted by molar-refractivity contribution is 5.21. The van der Waals surface area contributed by atoms with Gasteiger partial charge in [-0.05, 0) is 43.1 Å². The van der Waals surface area contributed by atoms with Gasteiger partial charge in [0, 0.05) is 11.8 Å². The molecule has 15 heavy (non-hydrogen) atoms. The van der Waals surface area contributed by atoms with E-state index in [-0.39, 0.29) is 0 Å². The van der Waals surface area contributed by atoms with Gasteiger partial charge in [0.2, 0.25) is 0 Å². The zero-order chi connectivity index (χ0) is 10.7. The van der Waals surface area contributed by atoms with Crippen molar-refractivity contribution in [2.75, 3.05) is 0 Å². The van der Waals surface area contributed by atoms with E-state index in [0.717, 1.165) is 12.3 Å². The fourth-order valence-electron chi connectivity index (χ4n) is 4.41. The highest BCUT2D eigenvalue weighted by Crippen LogP contribution is 2.73. The maximum Gasteiger partial charge on any atom is 0.104 e. The van der Waals surface area contributed by atoms with Gasteiger partial charge in [0.15, 0.2) is 0 Å². The van der Waals surface area contributed by atoms with Gasteiger partial charge in [-0.3, -0.25) is 0 Å². The second-order valence-electron chi connectivity index (χ2n) is 6.17. The van der Waals surface area contributed by atoms with Crippen LogP contribution in [-0.2, 0) is 4.74 Å². The predicted molar refractivity (Wildman–Crippen MR) is 61.4 cm³/mol. The molecule has 0 N–H and O–H groups in total. The number of ether oxygens (including phenoxy) is 1. The molecule has 0 bridgehead atoms. The molecule has 1 heterocycles. The third-order valence-corrected chi connectivity index (χ3v) is 5.65. The van der Waals surface area contributed by atoms with Crippen LogP contribution >= 0.6 is 0 Å². The summed E-state index contributed by atoms with van der Waals surface area (Å²) >= 11 is 0. The number of hydrogen-bond donors (Lipinski definition) is 0. The predicted octanol–water partition coefficient (Wildman–Crippen LogP) is 3.90. The van der Waals surface area contributed by atoms with Crippen LogP contribution in [0.25, 0.3) is 0 Å². The minimum absolute atomic E-state index is 0.498. The SMILES string of the molecule is CC/C=C1/CC2CC3(C)CCC(O1)C23C. The van der Waals surface area contributed by atoms with E-state index in [1.165, 1.54) is 31.4 Å². The van der Waals surface area contributed by atoms with E-state index in [1.807, 2.05) is 0 Å². The third-order valence-electron chi connectivity index (χ3n) is 5.65. The van der Waals surface area contributed by atoms with Gasteiger partial charge in [-0.2, -0.15) is 0 Å². The van der Waals surface area contributed by atoms with Gasteiger partial charge in [-0.25, -0.2) is 0 Å². The van der Waals surface area contributed by atoms with Crippen LogP contribution in [0.15, 0.2) is 11.8 Å². The van der Waals surface area contributed by atoms with Crippen molar-refractivity contribution < 1.29 is 4.74 Å². The van der Waals surface area contributed by atoms with E-state index in [9.17, 15) is 0 Å². The molecule has 3 rings (SSSR count). The molecule has 4 unspecified atom stereocenters. The maximum absolute atomic E-state index is 6.18. The summed E-state index contributed by atoms with van der Waals surface area (Å²) in [6.45, 7) is 7.15. The molecular weight excluding hydrogens is 184 g/mol. The lowest BCUT2D eigenvalue weighted by atomic mass is 9.44. The molecule has 2 saturated carbocycles. The second kappa shape index (κ2) is 2.81. The summed E-state index contributed by atoms with van der Waals surface area (Å²) in [7, 11) is 0. The smallest absolute Gasteiger partial charge is 0.104 e. The molecule has 3 aliphatic rings. The fourth-order valence-corrected chi connectivity index (χ4v) is 4.41. The van der Waals surface area contributed by atoms with Gasteiger partial charge >= 0.3 is 0 Å². The van der Waals surface area contributed by atoms with E-state index < -0.39 is 0 Å². The van der Waals surface area contributed by atoms with Crippen LogP contribution in [-0.4, -0.2) is 6.10 Å². The number of hydrogen-bond acceptors (Lipinski definition) is 1. The third kappa shape index (κ3) is 0.996. The molecule has 0 spiro atoms. The van der Waals surface area contributed by atoms with Crippen molar-refractivity contribution in [2.24, 2.45) is 16.7 Å². The quantitative estimate of drug-likeness (QED) is 0.632. The minimum Gasteiger partial charge on any atom is -0.495 e. The topological polar surface area (TPSA) is 9.23 Å². The van der Waals surface area contributed by atoms with Gasteiger partial charge < -0.3 is 4.74 Å². The van der Waals surface area contributed by atoms with Crippen molar-refractivity contribution in [3.05, 3.63) is 11.8 Å². The Bertz CT molecular complexity index is 319. The van der Waals surface area contributed by atoms with E-state index in [1.54, 1.807) is 0 Å². The summed E-state index contributed by atoms with van der Waals surface area (Å²) in [6, 6.07) is 0. The molecule has 3 fully saturated rings. The molecule has 1 heteroatoms. The van der Waals surface area contributed by atoms with Gasteiger partial charge in [-0.1, -0.05) is 20.8 Å². The largest absolute Gasteiger partial charge is 0.495 e. The standard InChI is InChI=1S/C14H22O/c1-4-5-11-8-10-9-13(2)7-6-12(15-11)14(10,13)3/h5,10,12H,4,6-9H2,1-3H3/b11-5-. The minimum atomic E-state index is 0.498. The molecule has 1 nitrogen and oxygen atoms in total. The van der Waals surface area contributed by atoms with Crippen LogP contribution in [0.3, 0.4) is 0 Å². The Balaban J connectivity index is 1.89. The summed E-state index contributed by atoms with van der Waals surface area (Å²) in [6.07, 6.45) is 9.22. The summed E-state index contributed by atoms with van der Waals surface area (Å²) in [5.74, 6) is 2.19. The van der Waals surface area contributed by atoms with Crippen LogP contribution < -0.4 is 0 Å². The van der Waals surface area contributed by atoms with Crippen LogP contribution in [0.2, 0.25) is 0 Å². The molecule has 1 saturated heterocycles. The lowest BCUT2D eigenvalue weighted by molar-refractivity contribution is -0.184. The molecule has 0 radical (unpaired) electrons. The monoisotopic (exact) mass is 206 g/mol. The summed E-state index contributed by atoms with van der Waals surface area (Å²) in [5, 5.41) is 0. The lowest BCUT2D eigenvalue weighted by Gasteiger charge is -2.62. The number of allylic oxidation sites excluding steroid dienone is 2. The molecule has 0 aromatic rings. The summed E-state index contributed by atoms with van der Waals surface area (Å²) in [5.41, 5.74) is 1.10. The summed E-state index contributed by atoms with van der Waals surface area (Å²) in [4.78, 5) is 0. The van der Waals surface area contributed by atoms with Crippen molar-refractivity contribution in [2.45, 2.75) is 59.0 Å². The van der Waals surface area contributed by atoms with E-state index >= 15 is 0 Å². The highest BCUT2D eigenvalue weighted by Gasteiger charge is 2.68. The molecule has 0 aromatic heterocycles.